The molecule has 0 radical (unpaired) electrons. The summed E-state index contributed by atoms with van der Waals surface area (Å²) < 4.78 is 10.9. The van der Waals surface area contributed by atoms with E-state index in [1.165, 1.54) is 6.92 Å². The summed E-state index contributed by atoms with van der Waals surface area (Å²) in [6, 6.07) is 11.9. The Hall–Kier alpha value is -3.20. The zero-order valence-corrected chi connectivity index (χ0v) is 21.3. The molecule has 0 saturated carbocycles. The molecule has 0 aromatic heterocycles. The lowest BCUT2D eigenvalue weighted by Gasteiger charge is -2.62. The van der Waals surface area contributed by atoms with Gasteiger partial charge in [-0.3, -0.25) is 0 Å². The first-order valence-corrected chi connectivity index (χ1v) is 12.7. The molecular formula is C29H33NO7. The normalized spacial score (nSPS) is 28.2. The predicted octanol–water partition coefficient (Wildman–Crippen LogP) is 2.82. The summed E-state index contributed by atoms with van der Waals surface area (Å²) in [4.78, 5) is 27.5. The summed E-state index contributed by atoms with van der Waals surface area (Å²) in [5.41, 5.74) is 1.32. The second kappa shape index (κ2) is 9.28. The number of benzene rings is 2. The second-order valence-electron chi connectivity index (χ2n) is 10.6. The Kier molecular flexibility index (Phi) is 6.38. The molecule has 8 nitrogen and oxygen atoms in total. The highest BCUT2D eigenvalue weighted by Gasteiger charge is 2.64. The molecular weight excluding hydrogens is 474 g/mol. The van der Waals surface area contributed by atoms with Crippen LogP contribution in [0.4, 0.5) is 0 Å². The molecule has 1 fully saturated rings. The number of hydrogen-bond acceptors (Lipinski definition) is 8. The van der Waals surface area contributed by atoms with E-state index in [2.05, 4.69) is 4.90 Å². The number of likely N-dealkylation sites (tertiary alicyclic amines) is 1. The molecule has 2 aromatic rings. The SMILES string of the molecule is Cc1c(O)ccc2c1[C@]13CCN(C)[C@H](C2)[C@]1(O)CC=C(OC(=O)[C@H](C)OC(=O)[C@@H](O)c1ccccc1)C3. The van der Waals surface area contributed by atoms with Crippen molar-refractivity contribution in [2.24, 2.45) is 0 Å². The van der Waals surface area contributed by atoms with E-state index in [1.54, 1.807) is 42.5 Å². The number of nitrogens with zero attached hydrogens (tertiary/aromatic N) is 1. The number of esters is 2. The van der Waals surface area contributed by atoms with Crippen molar-refractivity contribution in [2.45, 2.75) is 68.8 Å². The minimum atomic E-state index is -1.51. The maximum absolute atomic E-state index is 12.9. The van der Waals surface area contributed by atoms with E-state index in [4.69, 9.17) is 9.47 Å². The summed E-state index contributed by atoms with van der Waals surface area (Å²) in [6.45, 7) is 4.03. The van der Waals surface area contributed by atoms with Crippen molar-refractivity contribution < 1.29 is 34.4 Å². The van der Waals surface area contributed by atoms with Crippen molar-refractivity contribution in [2.75, 3.05) is 13.6 Å². The summed E-state index contributed by atoms with van der Waals surface area (Å²) in [7, 11) is 2.02. The minimum Gasteiger partial charge on any atom is -0.508 e. The average molecular weight is 508 g/mol. The Labute approximate surface area is 216 Å². The second-order valence-corrected chi connectivity index (χ2v) is 10.6. The smallest absolute Gasteiger partial charge is 0.352 e. The van der Waals surface area contributed by atoms with Crippen LogP contribution in [0.2, 0.25) is 0 Å². The highest BCUT2D eigenvalue weighted by molar-refractivity contribution is 5.82. The monoisotopic (exact) mass is 507 g/mol. The van der Waals surface area contributed by atoms with Crippen LogP contribution in [-0.4, -0.2) is 63.5 Å². The number of piperidine rings is 1. The Morgan fingerprint density at radius 2 is 1.86 bits per heavy atom. The van der Waals surface area contributed by atoms with Gasteiger partial charge in [0.05, 0.1) is 5.60 Å². The van der Waals surface area contributed by atoms with Gasteiger partial charge < -0.3 is 29.7 Å². The first-order chi connectivity index (χ1) is 17.6. The van der Waals surface area contributed by atoms with E-state index in [1.807, 2.05) is 20.0 Å². The van der Waals surface area contributed by atoms with Gasteiger partial charge in [-0.15, -0.1) is 0 Å². The molecule has 1 saturated heterocycles. The first-order valence-electron chi connectivity index (χ1n) is 12.7. The molecule has 1 aliphatic heterocycles. The molecule has 0 unspecified atom stereocenters. The number of allylic oxidation sites excluding steroid dienone is 1. The van der Waals surface area contributed by atoms with Crippen molar-refractivity contribution in [1.29, 1.82) is 0 Å². The summed E-state index contributed by atoms with van der Waals surface area (Å²) in [5.74, 6) is -1.11. The van der Waals surface area contributed by atoms with E-state index >= 15 is 0 Å². The number of fused-ring (bicyclic) bond motifs is 1. The van der Waals surface area contributed by atoms with Crippen molar-refractivity contribution in [1.82, 2.24) is 4.90 Å². The Bertz CT molecular complexity index is 1260. The molecule has 5 atom stereocenters. The summed E-state index contributed by atoms with van der Waals surface area (Å²) in [5, 5.41) is 32.9. The van der Waals surface area contributed by atoms with Gasteiger partial charge in [-0.05, 0) is 74.7 Å². The lowest BCUT2D eigenvalue weighted by Crippen LogP contribution is -2.71. The van der Waals surface area contributed by atoms with E-state index in [0.29, 0.717) is 30.6 Å². The average Bonchev–Trinajstić information content (AvgIpc) is 2.88. The van der Waals surface area contributed by atoms with Crippen LogP contribution in [0.5, 0.6) is 5.75 Å². The predicted molar refractivity (Wildman–Crippen MR) is 135 cm³/mol. The van der Waals surface area contributed by atoms with Gasteiger partial charge in [0.1, 0.15) is 11.5 Å². The lowest BCUT2D eigenvalue weighted by molar-refractivity contribution is -0.172. The third-order valence-electron chi connectivity index (χ3n) is 8.53. The number of aliphatic hydroxyl groups is 2. The van der Waals surface area contributed by atoms with Crippen molar-refractivity contribution in [3.05, 3.63) is 76.6 Å². The van der Waals surface area contributed by atoms with Crippen LogP contribution in [-0.2, 0) is 30.9 Å². The number of carbonyl (C=O) groups excluding carboxylic acids is 2. The number of rotatable bonds is 5. The summed E-state index contributed by atoms with van der Waals surface area (Å²) in [6.07, 6.45) is 0.884. The van der Waals surface area contributed by atoms with Crippen LogP contribution in [0, 0.1) is 6.92 Å². The third-order valence-corrected chi connectivity index (χ3v) is 8.53. The van der Waals surface area contributed by atoms with Crippen LogP contribution in [0.3, 0.4) is 0 Å². The van der Waals surface area contributed by atoms with E-state index in [0.717, 1.165) is 23.2 Å². The van der Waals surface area contributed by atoms with Gasteiger partial charge in [0.2, 0.25) is 0 Å². The van der Waals surface area contributed by atoms with Gasteiger partial charge in [0, 0.05) is 24.3 Å². The maximum atomic E-state index is 12.9. The van der Waals surface area contributed by atoms with Gasteiger partial charge in [0.15, 0.2) is 12.2 Å². The number of carbonyl (C=O) groups is 2. The minimum absolute atomic E-state index is 0.106. The topological polar surface area (TPSA) is 117 Å². The van der Waals surface area contributed by atoms with Gasteiger partial charge in [0.25, 0.3) is 0 Å². The standard InChI is InChI=1S/C29H33NO7/c1-17-22(31)10-9-20-15-23-29(35)12-11-21(16-28(29,24(17)20)13-14-30(23)3)37-26(33)18(2)36-27(34)25(32)19-7-5-4-6-8-19/h4-11,18,23,25,31-32,35H,12-16H2,1-3H3/t18-,23+,25-,28+,29+/m0/s1. The molecule has 3 N–H and O–H groups in total. The van der Waals surface area contributed by atoms with Gasteiger partial charge >= 0.3 is 11.9 Å². The maximum Gasteiger partial charge on any atom is 0.352 e. The number of hydrogen-bond donors (Lipinski definition) is 3. The van der Waals surface area contributed by atoms with Crippen LogP contribution >= 0.6 is 0 Å². The Balaban J connectivity index is 1.37. The van der Waals surface area contributed by atoms with Crippen LogP contribution in [0.1, 0.15) is 54.5 Å². The molecule has 196 valence electrons. The van der Waals surface area contributed by atoms with Crippen LogP contribution in [0.25, 0.3) is 0 Å². The highest BCUT2D eigenvalue weighted by Crippen LogP contribution is 2.59. The zero-order valence-electron chi connectivity index (χ0n) is 21.3. The largest absolute Gasteiger partial charge is 0.508 e. The number of phenolic OH excluding ortho intramolecular Hbond substituents is 1. The number of likely N-dealkylation sites (N-methyl/N-ethyl adjacent to an activating group) is 1. The molecule has 2 aromatic carbocycles. The van der Waals surface area contributed by atoms with Crippen molar-refractivity contribution in [3.63, 3.8) is 0 Å². The van der Waals surface area contributed by atoms with Crippen molar-refractivity contribution >= 4 is 11.9 Å². The van der Waals surface area contributed by atoms with Crippen LogP contribution < -0.4 is 0 Å². The fourth-order valence-corrected chi connectivity index (χ4v) is 6.54. The quantitative estimate of drug-likeness (QED) is 0.529. The highest BCUT2D eigenvalue weighted by atomic mass is 16.6. The van der Waals surface area contributed by atoms with E-state index < -0.39 is 35.2 Å². The fourth-order valence-electron chi connectivity index (χ4n) is 6.54. The molecule has 3 aliphatic rings. The number of aromatic hydroxyl groups is 1. The van der Waals surface area contributed by atoms with Gasteiger partial charge in [-0.1, -0.05) is 36.4 Å². The Morgan fingerprint density at radius 3 is 2.59 bits per heavy atom. The molecule has 5 rings (SSSR count). The van der Waals surface area contributed by atoms with E-state index in [-0.39, 0.29) is 18.2 Å². The Morgan fingerprint density at radius 1 is 1.14 bits per heavy atom. The molecule has 37 heavy (non-hydrogen) atoms. The van der Waals surface area contributed by atoms with Gasteiger partial charge in [-0.25, -0.2) is 9.59 Å². The van der Waals surface area contributed by atoms with Crippen molar-refractivity contribution in [3.8, 4) is 5.75 Å². The van der Waals surface area contributed by atoms with Gasteiger partial charge in [-0.2, -0.15) is 0 Å². The zero-order chi connectivity index (χ0) is 26.5. The lowest BCUT2D eigenvalue weighted by atomic mass is 9.50. The molecule has 1 heterocycles. The molecule has 8 heteroatoms. The number of phenols is 1. The molecule has 0 spiro atoms. The van der Waals surface area contributed by atoms with Crippen LogP contribution in [0.15, 0.2) is 54.3 Å². The number of ether oxygens (including phenoxy) is 2. The molecule has 0 amide bonds. The first kappa shape index (κ1) is 25.4. The summed E-state index contributed by atoms with van der Waals surface area (Å²) >= 11 is 0. The van der Waals surface area contributed by atoms with E-state index in [9.17, 15) is 24.9 Å². The fraction of sp³-hybridized carbons (Fsp3) is 0.448. The number of aliphatic hydroxyl groups excluding tert-OH is 1. The molecule has 2 aliphatic carbocycles. The molecule has 2 bridgehead atoms. The third kappa shape index (κ3) is 4.04.